The van der Waals surface area contributed by atoms with Crippen molar-refractivity contribution in [1.82, 2.24) is 15.0 Å². The molecule has 1 fully saturated rings. The second-order valence-electron chi connectivity index (χ2n) is 7.86. The van der Waals surface area contributed by atoms with E-state index in [1.54, 1.807) is 18.2 Å². The van der Waals surface area contributed by atoms with E-state index in [1.807, 2.05) is 35.2 Å². The third kappa shape index (κ3) is 4.42. The number of halogens is 1. The van der Waals surface area contributed by atoms with Crippen molar-refractivity contribution < 1.29 is 13.7 Å². The van der Waals surface area contributed by atoms with Crippen LogP contribution < -0.4 is 0 Å². The highest BCUT2D eigenvalue weighted by Crippen LogP contribution is 2.27. The van der Waals surface area contributed by atoms with Crippen LogP contribution in [-0.2, 0) is 11.2 Å². The molecular weight excluding hydrogens is 381 g/mol. The number of carbonyl (C=O) groups excluding carboxylic acids is 1. The van der Waals surface area contributed by atoms with Gasteiger partial charge < -0.3 is 9.42 Å². The van der Waals surface area contributed by atoms with Gasteiger partial charge in [-0.05, 0) is 42.9 Å². The number of rotatable bonds is 6. The lowest BCUT2D eigenvalue weighted by Gasteiger charge is -2.34. The standard InChI is InChI=1S/C24H26FN3O2/c1-2-19(18-10-4-3-5-11-18)24(29)28-14-8-9-17(16-28)15-22-26-23(27-30-22)20-12-6-7-13-21(20)25/h3-7,10-13,17,19H,2,8-9,14-16H2,1H3/t17-,19+/m0/s1. The van der Waals surface area contributed by atoms with Gasteiger partial charge in [0.15, 0.2) is 0 Å². The van der Waals surface area contributed by atoms with Gasteiger partial charge in [0.05, 0.1) is 11.5 Å². The van der Waals surface area contributed by atoms with E-state index in [9.17, 15) is 9.18 Å². The molecule has 0 spiro atoms. The zero-order valence-electron chi connectivity index (χ0n) is 17.1. The molecule has 2 aromatic carbocycles. The van der Waals surface area contributed by atoms with E-state index in [0.29, 0.717) is 24.4 Å². The van der Waals surface area contributed by atoms with Crippen LogP contribution in [0.3, 0.4) is 0 Å². The molecule has 0 saturated carbocycles. The first kappa shape index (κ1) is 20.3. The normalized spacial score (nSPS) is 17.7. The van der Waals surface area contributed by atoms with Gasteiger partial charge in [-0.1, -0.05) is 54.5 Å². The Labute approximate surface area is 175 Å². The summed E-state index contributed by atoms with van der Waals surface area (Å²) in [7, 11) is 0. The van der Waals surface area contributed by atoms with Crippen molar-refractivity contribution in [2.24, 2.45) is 5.92 Å². The Morgan fingerprint density at radius 3 is 2.73 bits per heavy atom. The van der Waals surface area contributed by atoms with E-state index in [0.717, 1.165) is 31.4 Å². The first-order valence-corrected chi connectivity index (χ1v) is 10.6. The molecule has 1 aliphatic heterocycles. The van der Waals surface area contributed by atoms with Crippen LogP contribution in [0.25, 0.3) is 11.4 Å². The van der Waals surface area contributed by atoms with Crippen molar-refractivity contribution in [2.75, 3.05) is 13.1 Å². The first-order chi connectivity index (χ1) is 14.7. The van der Waals surface area contributed by atoms with Crippen LogP contribution in [0, 0.1) is 11.7 Å². The zero-order chi connectivity index (χ0) is 20.9. The van der Waals surface area contributed by atoms with Gasteiger partial charge >= 0.3 is 0 Å². The number of carbonyl (C=O) groups is 1. The number of nitrogens with zero attached hydrogens (tertiary/aromatic N) is 3. The highest BCUT2D eigenvalue weighted by molar-refractivity contribution is 5.83. The van der Waals surface area contributed by atoms with Crippen molar-refractivity contribution in [3.63, 3.8) is 0 Å². The molecule has 1 aromatic heterocycles. The summed E-state index contributed by atoms with van der Waals surface area (Å²) in [6.45, 7) is 3.52. The maximum Gasteiger partial charge on any atom is 0.230 e. The van der Waals surface area contributed by atoms with Crippen molar-refractivity contribution >= 4 is 5.91 Å². The highest BCUT2D eigenvalue weighted by Gasteiger charge is 2.30. The van der Waals surface area contributed by atoms with Crippen molar-refractivity contribution in [3.05, 3.63) is 71.9 Å². The largest absolute Gasteiger partial charge is 0.342 e. The first-order valence-electron chi connectivity index (χ1n) is 10.6. The lowest BCUT2D eigenvalue weighted by Crippen LogP contribution is -2.42. The number of hydrogen-bond donors (Lipinski definition) is 0. The molecule has 4 rings (SSSR count). The molecule has 0 bridgehead atoms. The molecule has 0 N–H and O–H groups in total. The minimum atomic E-state index is -0.370. The molecule has 30 heavy (non-hydrogen) atoms. The monoisotopic (exact) mass is 407 g/mol. The molecule has 1 amide bonds. The second-order valence-corrected chi connectivity index (χ2v) is 7.86. The number of benzene rings is 2. The summed E-state index contributed by atoms with van der Waals surface area (Å²) in [6, 6.07) is 16.4. The van der Waals surface area contributed by atoms with Gasteiger partial charge in [0.1, 0.15) is 5.82 Å². The van der Waals surface area contributed by atoms with Crippen molar-refractivity contribution in [1.29, 1.82) is 0 Å². The van der Waals surface area contributed by atoms with Gasteiger partial charge in [0.2, 0.25) is 17.6 Å². The third-order valence-corrected chi connectivity index (χ3v) is 5.79. The van der Waals surface area contributed by atoms with E-state index in [-0.39, 0.29) is 29.4 Å². The average Bonchev–Trinajstić information content (AvgIpc) is 3.23. The van der Waals surface area contributed by atoms with Crippen LogP contribution >= 0.6 is 0 Å². The summed E-state index contributed by atoms with van der Waals surface area (Å²) in [6.07, 6.45) is 3.33. The van der Waals surface area contributed by atoms with Gasteiger partial charge in [0.25, 0.3) is 0 Å². The number of aromatic nitrogens is 2. The molecule has 2 heterocycles. The minimum Gasteiger partial charge on any atom is -0.342 e. The highest BCUT2D eigenvalue weighted by atomic mass is 19.1. The average molecular weight is 407 g/mol. The van der Waals surface area contributed by atoms with E-state index in [4.69, 9.17) is 4.52 Å². The van der Waals surface area contributed by atoms with E-state index < -0.39 is 0 Å². The predicted molar refractivity (Wildman–Crippen MR) is 112 cm³/mol. The van der Waals surface area contributed by atoms with E-state index in [2.05, 4.69) is 17.1 Å². The number of amides is 1. The van der Waals surface area contributed by atoms with E-state index >= 15 is 0 Å². The maximum absolute atomic E-state index is 14.0. The third-order valence-electron chi connectivity index (χ3n) is 5.79. The number of likely N-dealkylation sites (tertiary alicyclic amines) is 1. The summed E-state index contributed by atoms with van der Waals surface area (Å²) in [5.74, 6) is 0.715. The summed E-state index contributed by atoms with van der Waals surface area (Å²) < 4.78 is 19.3. The summed E-state index contributed by atoms with van der Waals surface area (Å²) in [5, 5.41) is 3.94. The molecule has 2 atom stereocenters. The quantitative estimate of drug-likeness (QED) is 0.586. The summed E-state index contributed by atoms with van der Waals surface area (Å²) in [4.78, 5) is 19.5. The fraction of sp³-hybridized carbons (Fsp3) is 0.375. The Kier molecular flexibility index (Phi) is 6.21. The molecule has 1 aliphatic rings. The molecule has 0 aliphatic carbocycles. The van der Waals surface area contributed by atoms with Gasteiger partial charge in [0, 0.05) is 19.5 Å². The van der Waals surface area contributed by atoms with Crippen molar-refractivity contribution in [3.8, 4) is 11.4 Å². The van der Waals surface area contributed by atoms with Gasteiger partial charge in [-0.15, -0.1) is 0 Å². The fourth-order valence-electron chi connectivity index (χ4n) is 4.23. The lowest BCUT2D eigenvalue weighted by atomic mass is 9.91. The summed E-state index contributed by atoms with van der Waals surface area (Å²) >= 11 is 0. The van der Waals surface area contributed by atoms with Gasteiger partial charge in [-0.2, -0.15) is 4.98 Å². The Morgan fingerprint density at radius 1 is 1.20 bits per heavy atom. The second kappa shape index (κ2) is 9.20. The van der Waals surface area contributed by atoms with Crippen LogP contribution in [-0.4, -0.2) is 34.0 Å². The SMILES string of the molecule is CC[C@@H](C(=O)N1CCC[C@@H](Cc2nc(-c3ccccc3F)no2)C1)c1ccccc1. The smallest absolute Gasteiger partial charge is 0.230 e. The lowest BCUT2D eigenvalue weighted by molar-refractivity contribution is -0.134. The topological polar surface area (TPSA) is 59.2 Å². The molecule has 0 unspecified atom stereocenters. The van der Waals surface area contributed by atoms with Crippen LogP contribution in [0.15, 0.2) is 59.1 Å². The predicted octanol–water partition coefficient (Wildman–Crippen LogP) is 4.85. The maximum atomic E-state index is 14.0. The fourth-order valence-corrected chi connectivity index (χ4v) is 4.23. The molecule has 5 nitrogen and oxygen atoms in total. The molecular formula is C24H26FN3O2. The van der Waals surface area contributed by atoms with Crippen molar-refractivity contribution in [2.45, 2.75) is 38.5 Å². The Balaban J connectivity index is 1.42. The Hall–Kier alpha value is -3.02. The molecule has 156 valence electrons. The molecule has 1 saturated heterocycles. The molecule has 0 radical (unpaired) electrons. The van der Waals surface area contributed by atoms with Gasteiger partial charge in [-0.25, -0.2) is 4.39 Å². The summed E-state index contributed by atoms with van der Waals surface area (Å²) in [5.41, 5.74) is 1.40. The van der Waals surface area contributed by atoms with Crippen LogP contribution in [0.4, 0.5) is 4.39 Å². The Morgan fingerprint density at radius 2 is 1.97 bits per heavy atom. The van der Waals surface area contributed by atoms with E-state index in [1.165, 1.54) is 6.07 Å². The van der Waals surface area contributed by atoms with Gasteiger partial charge in [-0.3, -0.25) is 4.79 Å². The number of hydrogen-bond acceptors (Lipinski definition) is 4. The minimum absolute atomic E-state index is 0.110. The number of piperidine rings is 1. The molecule has 6 heteroatoms. The Bertz CT molecular complexity index is 989. The van der Waals surface area contributed by atoms with Crippen LogP contribution in [0.5, 0.6) is 0 Å². The van der Waals surface area contributed by atoms with Crippen LogP contribution in [0.2, 0.25) is 0 Å². The zero-order valence-corrected chi connectivity index (χ0v) is 17.1. The van der Waals surface area contributed by atoms with Crippen LogP contribution in [0.1, 0.15) is 43.6 Å². The molecule has 3 aromatic rings.